The second-order valence-corrected chi connectivity index (χ2v) is 8.88. The van der Waals surface area contributed by atoms with Crippen LogP contribution in [0.1, 0.15) is 71.6 Å². The molecule has 1 nitrogen and oxygen atoms in total. The zero-order valence-electron chi connectivity index (χ0n) is 13.5. The molecule has 4 aliphatic rings. The molecular weight excluding hydrogens is 263 g/mol. The Kier molecular flexibility index (Phi) is 3.08. The second kappa shape index (κ2) is 4.55. The molecule has 0 N–H and O–H groups in total. The zero-order chi connectivity index (χ0) is 14.8. The fourth-order valence-corrected chi connectivity index (χ4v) is 6.77. The van der Waals surface area contributed by atoms with E-state index < -0.39 is 5.67 Å². The molecule has 0 spiro atoms. The Morgan fingerprint density at radius 3 is 2.67 bits per heavy atom. The molecule has 0 heterocycles. The van der Waals surface area contributed by atoms with Crippen LogP contribution < -0.4 is 0 Å². The van der Waals surface area contributed by atoms with Crippen molar-refractivity contribution in [3.05, 3.63) is 0 Å². The Morgan fingerprint density at radius 1 is 1.05 bits per heavy atom. The predicted octanol–water partition coefficient (Wildman–Crippen LogP) is 4.94. The number of ketones is 1. The Bertz CT molecular complexity index is 460. The van der Waals surface area contributed by atoms with Gasteiger partial charge in [-0.1, -0.05) is 13.8 Å². The van der Waals surface area contributed by atoms with Crippen LogP contribution in [0.2, 0.25) is 0 Å². The van der Waals surface area contributed by atoms with Crippen molar-refractivity contribution in [3.8, 4) is 0 Å². The van der Waals surface area contributed by atoms with E-state index in [4.69, 9.17) is 0 Å². The average Bonchev–Trinajstić information content (AvgIpc) is 2.76. The van der Waals surface area contributed by atoms with Crippen LogP contribution in [0.25, 0.3) is 0 Å². The van der Waals surface area contributed by atoms with E-state index in [9.17, 15) is 4.79 Å². The largest absolute Gasteiger partial charge is 0.299 e. The van der Waals surface area contributed by atoms with Gasteiger partial charge in [-0.25, -0.2) is 4.39 Å². The normalized spacial score (nSPS) is 56.5. The van der Waals surface area contributed by atoms with Gasteiger partial charge in [-0.2, -0.15) is 0 Å². The highest BCUT2D eigenvalue weighted by Gasteiger charge is 2.61. The second-order valence-electron chi connectivity index (χ2n) is 8.88. The fraction of sp³-hybridized carbons (Fsp3) is 0.947. The summed E-state index contributed by atoms with van der Waals surface area (Å²) in [6, 6.07) is 0. The maximum Gasteiger partial charge on any atom is 0.139 e. The minimum atomic E-state index is -0.900. The minimum Gasteiger partial charge on any atom is -0.299 e. The van der Waals surface area contributed by atoms with Crippen LogP contribution in [0.5, 0.6) is 0 Å². The van der Waals surface area contributed by atoms with Gasteiger partial charge in [0, 0.05) is 11.8 Å². The molecule has 4 aliphatic carbocycles. The standard InChI is InChI=1S/C19H29FO/c1-12-7-10-19(20)13(11-12)3-4-14-15-5-6-17(21)18(15,2)9-8-16(14)19/h12-16H,3-11H2,1-2H3/t12-,13+,14-,15?,16?,18-,19+/m0/s1. The number of fused-ring (bicyclic) bond motifs is 5. The third kappa shape index (κ3) is 1.83. The van der Waals surface area contributed by atoms with Gasteiger partial charge < -0.3 is 0 Å². The molecule has 0 saturated heterocycles. The topological polar surface area (TPSA) is 17.1 Å². The first-order valence-electron chi connectivity index (χ1n) is 9.17. The molecule has 0 aliphatic heterocycles. The molecule has 4 rings (SSSR count). The maximum atomic E-state index is 15.9. The molecule has 0 aromatic carbocycles. The molecule has 4 saturated carbocycles. The van der Waals surface area contributed by atoms with Crippen molar-refractivity contribution in [2.75, 3.05) is 0 Å². The van der Waals surface area contributed by atoms with E-state index in [2.05, 4.69) is 13.8 Å². The number of rotatable bonds is 0. The van der Waals surface area contributed by atoms with Gasteiger partial charge in [-0.3, -0.25) is 4.79 Å². The van der Waals surface area contributed by atoms with Gasteiger partial charge in [0.05, 0.1) is 0 Å². The molecule has 0 aromatic heterocycles. The van der Waals surface area contributed by atoms with Crippen LogP contribution in [-0.2, 0) is 4.79 Å². The summed E-state index contributed by atoms with van der Waals surface area (Å²) in [5.41, 5.74) is -1.01. The van der Waals surface area contributed by atoms with Gasteiger partial charge in [0.2, 0.25) is 0 Å². The number of halogens is 1. The van der Waals surface area contributed by atoms with E-state index in [-0.39, 0.29) is 11.3 Å². The predicted molar refractivity (Wildman–Crippen MR) is 81.6 cm³/mol. The maximum absolute atomic E-state index is 15.9. The lowest BCUT2D eigenvalue weighted by Gasteiger charge is -2.57. The summed E-state index contributed by atoms with van der Waals surface area (Å²) in [7, 11) is 0. The van der Waals surface area contributed by atoms with Crippen molar-refractivity contribution in [2.24, 2.45) is 35.0 Å². The van der Waals surface area contributed by atoms with Gasteiger partial charge in [0.15, 0.2) is 0 Å². The van der Waals surface area contributed by atoms with Gasteiger partial charge in [-0.05, 0) is 81.0 Å². The lowest BCUT2D eigenvalue weighted by molar-refractivity contribution is -0.147. The van der Waals surface area contributed by atoms with Crippen LogP contribution in [0.4, 0.5) is 4.39 Å². The quantitative estimate of drug-likeness (QED) is 0.618. The smallest absolute Gasteiger partial charge is 0.139 e. The highest BCUT2D eigenvalue weighted by molar-refractivity contribution is 5.87. The van der Waals surface area contributed by atoms with Gasteiger partial charge in [-0.15, -0.1) is 0 Å². The lowest BCUT2D eigenvalue weighted by atomic mass is 9.49. The number of carbonyl (C=O) groups is 1. The molecule has 21 heavy (non-hydrogen) atoms. The van der Waals surface area contributed by atoms with E-state index in [0.717, 1.165) is 51.4 Å². The van der Waals surface area contributed by atoms with E-state index in [0.29, 0.717) is 29.5 Å². The molecular formula is C19H29FO. The van der Waals surface area contributed by atoms with Gasteiger partial charge >= 0.3 is 0 Å². The molecule has 0 bridgehead atoms. The summed E-state index contributed by atoms with van der Waals surface area (Å²) in [6.07, 6.45) is 8.91. The molecule has 2 unspecified atom stereocenters. The third-order valence-electron chi connectivity index (χ3n) is 8.00. The van der Waals surface area contributed by atoms with Crippen LogP contribution in [0.15, 0.2) is 0 Å². The first-order chi connectivity index (χ1) is 9.95. The van der Waals surface area contributed by atoms with E-state index in [1.165, 1.54) is 6.42 Å². The van der Waals surface area contributed by atoms with Crippen LogP contribution in [-0.4, -0.2) is 11.5 Å². The lowest BCUT2D eigenvalue weighted by Crippen LogP contribution is -2.56. The number of alkyl halides is 1. The van der Waals surface area contributed by atoms with Gasteiger partial charge in [0.1, 0.15) is 11.5 Å². The number of Topliss-reactive ketones (excluding diaryl/α,β-unsaturated/α-hetero) is 1. The molecule has 118 valence electrons. The highest BCUT2D eigenvalue weighted by atomic mass is 19.1. The molecule has 2 heteroatoms. The molecule has 0 amide bonds. The third-order valence-corrected chi connectivity index (χ3v) is 8.00. The van der Waals surface area contributed by atoms with E-state index in [1.54, 1.807) is 0 Å². The number of hydrogen-bond donors (Lipinski definition) is 0. The molecule has 4 fully saturated rings. The average molecular weight is 292 g/mol. The van der Waals surface area contributed by atoms with E-state index in [1.807, 2.05) is 0 Å². The van der Waals surface area contributed by atoms with Gasteiger partial charge in [0.25, 0.3) is 0 Å². The van der Waals surface area contributed by atoms with Crippen LogP contribution in [0, 0.1) is 35.0 Å². The monoisotopic (exact) mass is 292 g/mol. The molecule has 0 radical (unpaired) electrons. The number of carbonyl (C=O) groups excluding carboxylic acids is 1. The molecule has 7 atom stereocenters. The summed E-state index contributed by atoms with van der Waals surface area (Å²) in [4.78, 5) is 12.3. The highest BCUT2D eigenvalue weighted by Crippen LogP contribution is 2.63. The Hall–Kier alpha value is -0.400. The van der Waals surface area contributed by atoms with Crippen LogP contribution in [0.3, 0.4) is 0 Å². The summed E-state index contributed by atoms with van der Waals surface area (Å²) in [5.74, 6) is 2.72. The van der Waals surface area contributed by atoms with Crippen molar-refractivity contribution < 1.29 is 9.18 Å². The van der Waals surface area contributed by atoms with Crippen LogP contribution >= 0.6 is 0 Å². The molecule has 0 aromatic rings. The summed E-state index contributed by atoms with van der Waals surface area (Å²) in [6.45, 7) is 4.47. The van der Waals surface area contributed by atoms with E-state index >= 15 is 4.39 Å². The fourth-order valence-electron chi connectivity index (χ4n) is 6.77. The SMILES string of the molecule is C[C@H]1CC[C@]2(F)C3CC[C@]4(C)C(=O)CCC4[C@@H]3CC[C@@H]2C1. The zero-order valence-corrected chi connectivity index (χ0v) is 13.5. The number of hydrogen-bond acceptors (Lipinski definition) is 1. The van der Waals surface area contributed by atoms with Crippen molar-refractivity contribution in [2.45, 2.75) is 77.3 Å². The van der Waals surface area contributed by atoms with Crippen molar-refractivity contribution in [3.63, 3.8) is 0 Å². The summed E-state index contributed by atoms with van der Waals surface area (Å²) < 4.78 is 15.9. The first kappa shape index (κ1) is 14.2. The Morgan fingerprint density at radius 2 is 1.86 bits per heavy atom. The summed E-state index contributed by atoms with van der Waals surface area (Å²) in [5, 5.41) is 0. The Balaban J connectivity index is 1.64. The summed E-state index contributed by atoms with van der Waals surface area (Å²) >= 11 is 0. The van der Waals surface area contributed by atoms with Crippen molar-refractivity contribution in [1.29, 1.82) is 0 Å². The first-order valence-corrected chi connectivity index (χ1v) is 9.17. The van der Waals surface area contributed by atoms with Crippen molar-refractivity contribution >= 4 is 5.78 Å². The minimum absolute atomic E-state index is 0.105. The van der Waals surface area contributed by atoms with Crippen molar-refractivity contribution in [1.82, 2.24) is 0 Å². The Labute approximate surface area is 128 Å².